The summed E-state index contributed by atoms with van der Waals surface area (Å²) >= 11 is 4.96. The molecule has 1 aromatic heterocycles. The maximum Gasteiger partial charge on any atom is 0.140 e. The van der Waals surface area contributed by atoms with Gasteiger partial charge in [-0.05, 0) is 17.7 Å². The maximum absolute atomic E-state index is 12.9. The monoisotopic (exact) mass is 269 g/mol. The van der Waals surface area contributed by atoms with Gasteiger partial charge in [-0.25, -0.2) is 4.39 Å². The lowest BCUT2D eigenvalue weighted by Gasteiger charge is -2.15. The van der Waals surface area contributed by atoms with Crippen molar-refractivity contribution in [2.75, 3.05) is 5.73 Å². The van der Waals surface area contributed by atoms with E-state index in [1.54, 1.807) is 0 Å². The van der Waals surface area contributed by atoms with Gasteiger partial charge in [-0.2, -0.15) is 10.5 Å². The molecular formula is C13H6FN4S-. The van der Waals surface area contributed by atoms with E-state index < -0.39 is 5.82 Å². The second-order valence-electron chi connectivity index (χ2n) is 3.66. The first-order chi connectivity index (χ1) is 9.08. The molecule has 0 atom stereocenters. The number of hydrogen-bond acceptors (Lipinski definition) is 5. The predicted molar refractivity (Wildman–Crippen MR) is 69.1 cm³/mol. The molecule has 2 N–H and O–H groups in total. The van der Waals surface area contributed by atoms with Crippen molar-refractivity contribution in [2.45, 2.75) is 5.03 Å². The molecule has 0 spiro atoms. The van der Waals surface area contributed by atoms with E-state index in [2.05, 4.69) is 4.98 Å². The molecule has 0 aliphatic rings. The molecule has 0 saturated heterocycles. The van der Waals surface area contributed by atoms with Crippen molar-refractivity contribution >= 4 is 18.4 Å². The standard InChI is InChI=1S/C13H7FN4S/c14-8-3-1-7(2-4-8)11-9(5-15)12(17)18-13(19)10(11)6-16/h1-4H,(H3,17,18,19)/p-1. The summed E-state index contributed by atoms with van der Waals surface area (Å²) in [6.07, 6.45) is 0. The minimum Gasteiger partial charge on any atom is -0.759 e. The van der Waals surface area contributed by atoms with E-state index in [0.717, 1.165) is 0 Å². The minimum absolute atomic E-state index is 0.0262. The molecule has 0 fully saturated rings. The van der Waals surface area contributed by atoms with Crippen molar-refractivity contribution in [3.8, 4) is 23.3 Å². The van der Waals surface area contributed by atoms with Crippen LogP contribution in [0.2, 0.25) is 0 Å². The summed E-state index contributed by atoms with van der Waals surface area (Å²) in [4.78, 5) is 3.79. The van der Waals surface area contributed by atoms with Crippen molar-refractivity contribution in [3.05, 3.63) is 41.2 Å². The normalized spacial score (nSPS) is 9.63. The van der Waals surface area contributed by atoms with Crippen LogP contribution in [0.3, 0.4) is 0 Å². The van der Waals surface area contributed by atoms with Crippen molar-refractivity contribution in [1.29, 1.82) is 10.5 Å². The van der Waals surface area contributed by atoms with Crippen LogP contribution in [0.25, 0.3) is 11.1 Å². The van der Waals surface area contributed by atoms with Crippen LogP contribution >= 0.6 is 0 Å². The number of anilines is 1. The molecule has 2 aromatic rings. The van der Waals surface area contributed by atoms with Crippen molar-refractivity contribution in [1.82, 2.24) is 4.98 Å². The Morgan fingerprint density at radius 3 is 2.21 bits per heavy atom. The number of nitrogens with zero attached hydrogens (tertiary/aromatic N) is 3. The van der Waals surface area contributed by atoms with Gasteiger partial charge >= 0.3 is 0 Å². The Balaban J connectivity index is 2.85. The molecule has 0 amide bonds. The van der Waals surface area contributed by atoms with Crippen LogP contribution in [-0.4, -0.2) is 4.98 Å². The number of nitrogens with two attached hydrogens (primary N) is 1. The fourth-order valence-corrected chi connectivity index (χ4v) is 1.95. The third kappa shape index (κ3) is 2.17. The lowest BCUT2D eigenvalue weighted by molar-refractivity contribution is 0.628. The Morgan fingerprint density at radius 2 is 1.68 bits per heavy atom. The molecular weight excluding hydrogens is 263 g/mol. The first kappa shape index (κ1) is 12.7. The molecule has 2 rings (SSSR count). The zero-order chi connectivity index (χ0) is 14.0. The summed E-state index contributed by atoms with van der Waals surface area (Å²) < 4.78 is 12.9. The molecule has 19 heavy (non-hydrogen) atoms. The van der Waals surface area contributed by atoms with Gasteiger partial charge < -0.3 is 18.4 Å². The zero-order valence-corrected chi connectivity index (χ0v) is 10.3. The average molecular weight is 269 g/mol. The SMILES string of the molecule is N#Cc1c(N)nc([S-])c(C#N)c1-c1ccc(F)cc1. The van der Waals surface area contributed by atoms with Crippen molar-refractivity contribution in [3.63, 3.8) is 0 Å². The van der Waals surface area contributed by atoms with Gasteiger partial charge in [0.05, 0.1) is 11.6 Å². The quantitative estimate of drug-likeness (QED) is 0.801. The van der Waals surface area contributed by atoms with Crippen LogP contribution in [-0.2, 0) is 12.6 Å². The number of benzene rings is 1. The van der Waals surface area contributed by atoms with Gasteiger partial charge in [0.25, 0.3) is 0 Å². The number of pyridine rings is 1. The Morgan fingerprint density at radius 1 is 1.11 bits per heavy atom. The van der Waals surface area contributed by atoms with E-state index >= 15 is 0 Å². The molecule has 0 saturated carbocycles. The third-order valence-electron chi connectivity index (χ3n) is 2.55. The minimum atomic E-state index is -0.415. The third-order valence-corrected chi connectivity index (χ3v) is 2.84. The molecule has 4 nitrogen and oxygen atoms in total. The fourth-order valence-electron chi connectivity index (χ4n) is 1.70. The summed E-state index contributed by atoms with van der Waals surface area (Å²) in [6.45, 7) is 0. The predicted octanol–water partition coefficient (Wildman–Crippen LogP) is 2.12. The van der Waals surface area contributed by atoms with E-state index in [1.807, 2.05) is 12.1 Å². The number of aromatic nitrogens is 1. The van der Waals surface area contributed by atoms with E-state index in [0.29, 0.717) is 11.1 Å². The van der Waals surface area contributed by atoms with E-state index in [-0.39, 0.29) is 22.0 Å². The Bertz CT molecular complexity index is 688. The van der Waals surface area contributed by atoms with Crippen LogP contribution in [0, 0.1) is 28.5 Å². The molecule has 92 valence electrons. The Labute approximate surface area is 114 Å². The molecule has 0 bridgehead atoms. The summed E-state index contributed by atoms with van der Waals surface area (Å²) in [5, 5.41) is 18.3. The second kappa shape index (κ2) is 4.89. The van der Waals surface area contributed by atoms with E-state index in [9.17, 15) is 4.39 Å². The van der Waals surface area contributed by atoms with Gasteiger partial charge in [0.15, 0.2) is 0 Å². The second-order valence-corrected chi connectivity index (χ2v) is 4.04. The number of nitriles is 2. The number of rotatable bonds is 1. The van der Waals surface area contributed by atoms with Crippen LogP contribution in [0.1, 0.15) is 11.1 Å². The fraction of sp³-hybridized carbons (Fsp3) is 0. The van der Waals surface area contributed by atoms with Crippen LogP contribution in [0.4, 0.5) is 10.2 Å². The number of nitrogen functional groups attached to an aromatic ring is 1. The van der Waals surface area contributed by atoms with Crippen molar-refractivity contribution < 1.29 is 4.39 Å². The first-order valence-electron chi connectivity index (χ1n) is 5.15. The topological polar surface area (TPSA) is 86.5 Å². The highest BCUT2D eigenvalue weighted by atomic mass is 32.1. The summed E-state index contributed by atoms with van der Waals surface area (Å²) in [7, 11) is 0. The molecule has 1 heterocycles. The zero-order valence-electron chi connectivity index (χ0n) is 9.51. The summed E-state index contributed by atoms with van der Waals surface area (Å²) in [6, 6.07) is 9.20. The van der Waals surface area contributed by atoms with Gasteiger partial charge in [-0.1, -0.05) is 17.2 Å². The first-order valence-corrected chi connectivity index (χ1v) is 5.56. The average Bonchev–Trinajstić information content (AvgIpc) is 2.39. The Kier molecular flexibility index (Phi) is 3.28. The highest BCUT2D eigenvalue weighted by Gasteiger charge is 2.15. The van der Waals surface area contributed by atoms with Crippen LogP contribution in [0.5, 0.6) is 0 Å². The lowest BCUT2D eigenvalue weighted by Crippen LogP contribution is -2.03. The highest BCUT2D eigenvalue weighted by Crippen LogP contribution is 2.31. The number of halogens is 1. The molecule has 0 radical (unpaired) electrons. The summed E-state index contributed by atoms with van der Waals surface area (Å²) in [5.74, 6) is -0.452. The summed E-state index contributed by atoms with van der Waals surface area (Å²) in [5.41, 5.74) is 6.59. The maximum atomic E-state index is 12.9. The van der Waals surface area contributed by atoms with E-state index in [4.69, 9.17) is 28.9 Å². The molecule has 0 aliphatic carbocycles. The van der Waals surface area contributed by atoms with Crippen LogP contribution < -0.4 is 5.73 Å². The van der Waals surface area contributed by atoms with Gasteiger partial charge in [-0.15, -0.1) is 0 Å². The molecule has 6 heteroatoms. The van der Waals surface area contributed by atoms with Crippen molar-refractivity contribution in [2.24, 2.45) is 0 Å². The van der Waals surface area contributed by atoms with Gasteiger partial charge in [0.2, 0.25) is 0 Å². The van der Waals surface area contributed by atoms with Gasteiger partial charge in [0, 0.05) is 5.56 Å². The molecule has 0 aliphatic heterocycles. The van der Waals surface area contributed by atoms with Crippen LogP contribution in [0.15, 0.2) is 29.3 Å². The molecule has 1 aromatic carbocycles. The largest absolute Gasteiger partial charge is 0.759 e. The van der Waals surface area contributed by atoms with Gasteiger partial charge in [0.1, 0.15) is 23.3 Å². The molecule has 0 unspecified atom stereocenters. The van der Waals surface area contributed by atoms with E-state index in [1.165, 1.54) is 24.3 Å². The van der Waals surface area contributed by atoms with Gasteiger partial charge in [-0.3, -0.25) is 4.98 Å². The number of hydrogen-bond donors (Lipinski definition) is 1. The lowest BCUT2D eigenvalue weighted by atomic mass is 9.97. The highest BCUT2D eigenvalue weighted by molar-refractivity contribution is 7.58. The smallest absolute Gasteiger partial charge is 0.140 e. The Hall–Kier alpha value is -2.70.